The molecule has 0 radical (unpaired) electrons. The number of fused-ring (bicyclic) bond motifs is 2. The van der Waals surface area contributed by atoms with Crippen LogP contribution in [0.3, 0.4) is 0 Å². The zero-order valence-corrected chi connectivity index (χ0v) is 12.9. The number of carbonyl (C=O) groups excluding carboxylic acids is 1. The Labute approximate surface area is 121 Å². The highest BCUT2D eigenvalue weighted by Gasteiger charge is 2.60. The van der Waals surface area contributed by atoms with Crippen molar-refractivity contribution in [1.82, 2.24) is 0 Å². The molecule has 3 rings (SSSR count). The van der Waals surface area contributed by atoms with Gasteiger partial charge >= 0.3 is 0 Å². The van der Waals surface area contributed by atoms with Crippen molar-refractivity contribution in [2.24, 2.45) is 16.7 Å². The Morgan fingerprint density at radius 1 is 1.15 bits per heavy atom. The van der Waals surface area contributed by atoms with Gasteiger partial charge in [0.2, 0.25) is 0 Å². The molecule has 0 N–H and O–H groups in total. The molecule has 2 nitrogen and oxygen atoms in total. The second-order valence-electron chi connectivity index (χ2n) is 7.25. The topological polar surface area (TPSA) is 26.3 Å². The number of benzene rings is 1. The highest BCUT2D eigenvalue weighted by atomic mass is 16.5. The van der Waals surface area contributed by atoms with Gasteiger partial charge in [0.15, 0.2) is 0 Å². The fraction of sp³-hybridized carbons (Fsp3) is 0.611. The van der Waals surface area contributed by atoms with Gasteiger partial charge in [0.05, 0.1) is 7.11 Å². The lowest BCUT2D eigenvalue weighted by atomic mass is 9.53. The van der Waals surface area contributed by atoms with Gasteiger partial charge in [-0.15, -0.1) is 0 Å². The molecule has 3 atom stereocenters. The van der Waals surface area contributed by atoms with Crippen molar-refractivity contribution in [2.75, 3.05) is 7.11 Å². The second kappa shape index (κ2) is 4.34. The average molecular weight is 272 g/mol. The first-order chi connectivity index (χ1) is 9.40. The average Bonchev–Trinajstić information content (AvgIpc) is 2.57. The maximum absolute atomic E-state index is 12.7. The minimum atomic E-state index is 0.0437. The highest BCUT2D eigenvalue weighted by Crippen LogP contribution is 2.66. The summed E-state index contributed by atoms with van der Waals surface area (Å²) in [5, 5.41) is 0. The van der Waals surface area contributed by atoms with Crippen LogP contribution in [0.5, 0.6) is 5.75 Å². The van der Waals surface area contributed by atoms with Crippen LogP contribution in [0.25, 0.3) is 0 Å². The summed E-state index contributed by atoms with van der Waals surface area (Å²) in [5.74, 6) is 1.89. The molecular formula is C18H24O2. The molecule has 2 unspecified atom stereocenters. The SMILES string of the molecule is COc1ccc([C@H]2C(=O)CC3CCC2(C)C3(C)C)cc1. The summed E-state index contributed by atoms with van der Waals surface area (Å²) in [5.41, 5.74) is 1.49. The number of carbonyl (C=O) groups is 1. The molecule has 0 saturated heterocycles. The number of rotatable bonds is 2. The van der Waals surface area contributed by atoms with Crippen LogP contribution >= 0.6 is 0 Å². The molecule has 0 spiro atoms. The van der Waals surface area contributed by atoms with E-state index in [-0.39, 0.29) is 16.7 Å². The minimum Gasteiger partial charge on any atom is -0.497 e. The Morgan fingerprint density at radius 3 is 2.40 bits per heavy atom. The lowest BCUT2D eigenvalue weighted by molar-refractivity contribution is -0.132. The molecule has 1 aromatic rings. The van der Waals surface area contributed by atoms with Gasteiger partial charge in [0.25, 0.3) is 0 Å². The molecule has 1 aromatic carbocycles. The van der Waals surface area contributed by atoms with Crippen molar-refractivity contribution in [3.05, 3.63) is 29.8 Å². The molecule has 2 saturated carbocycles. The van der Waals surface area contributed by atoms with E-state index in [1.807, 2.05) is 12.1 Å². The fourth-order valence-electron chi connectivity index (χ4n) is 4.56. The van der Waals surface area contributed by atoms with Crippen LogP contribution in [0.2, 0.25) is 0 Å². The third kappa shape index (κ3) is 1.66. The summed E-state index contributed by atoms with van der Waals surface area (Å²) >= 11 is 0. The Morgan fingerprint density at radius 2 is 1.80 bits per heavy atom. The first-order valence-electron chi connectivity index (χ1n) is 7.57. The monoisotopic (exact) mass is 272 g/mol. The number of hydrogen-bond donors (Lipinski definition) is 0. The predicted molar refractivity (Wildman–Crippen MR) is 80.0 cm³/mol. The van der Waals surface area contributed by atoms with Gasteiger partial charge in [-0.1, -0.05) is 32.9 Å². The van der Waals surface area contributed by atoms with E-state index >= 15 is 0 Å². The summed E-state index contributed by atoms with van der Waals surface area (Å²) in [6.07, 6.45) is 3.11. The molecular weight excluding hydrogens is 248 g/mol. The maximum Gasteiger partial charge on any atom is 0.141 e. The summed E-state index contributed by atoms with van der Waals surface area (Å²) in [7, 11) is 1.67. The van der Waals surface area contributed by atoms with Crippen LogP contribution in [-0.2, 0) is 4.79 Å². The van der Waals surface area contributed by atoms with E-state index in [4.69, 9.17) is 4.74 Å². The molecule has 0 aliphatic heterocycles. The Bertz CT molecular complexity index is 529. The minimum absolute atomic E-state index is 0.0437. The van der Waals surface area contributed by atoms with E-state index < -0.39 is 0 Å². The van der Waals surface area contributed by atoms with Crippen molar-refractivity contribution < 1.29 is 9.53 Å². The Balaban J connectivity index is 2.04. The first kappa shape index (κ1) is 13.7. The largest absolute Gasteiger partial charge is 0.497 e. The van der Waals surface area contributed by atoms with E-state index in [1.54, 1.807) is 7.11 Å². The summed E-state index contributed by atoms with van der Waals surface area (Å²) in [6, 6.07) is 8.09. The normalized spacial score (nSPS) is 35.1. The van der Waals surface area contributed by atoms with Gasteiger partial charge in [-0.3, -0.25) is 4.79 Å². The second-order valence-corrected chi connectivity index (χ2v) is 7.25. The number of hydrogen-bond acceptors (Lipinski definition) is 2. The van der Waals surface area contributed by atoms with Crippen molar-refractivity contribution in [1.29, 1.82) is 0 Å². The van der Waals surface area contributed by atoms with Crippen LogP contribution in [0.4, 0.5) is 0 Å². The van der Waals surface area contributed by atoms with Crippen LogP contribution in [0.15, 0.2) is 24.3 Å². The van der Waals surface area contributed by atoms with Crippen molar-refractivity contribution in [3.8, 4) is 5.75 Å². The van der Waals surface area contributed by atoms with Crippen molar-refractivity contribution >= 4 is 5.78 Å². The molecule has 2 aliphatic carbocycles. The Hall–Kier alpha value is -1.31. The molecule has 108 valence electrons. The van der Waals surface area contributed by atoms with E-state index in [0.29, 0.717) is 11.7 Å². The molecule has 0 amide bonds. The standard InChI is InChI=1S/C18H24O2/c1-17(2)13-9-10-18(17,3)16(15(19)11-13)12-5-7-14(20-4)8-6-12/h5-8,13,16H,9-11H2,1-4H3/t13?,16-,18?/m0/s1. The van der Waals surface area contributed by atoms with Gasteiger partial charge in [-0.2, -0.15) is 0 Å². The third-order valence-corrected chi connectivity index (χ3v) is 6.36. The molecule has 2 bridgehead atoms. The summed E-state index contributed by atoms with van der Waals surface area (Å²) in [4.78, 5) is 12.7. The number of methoxy groups -OCH3 is 1. The fourth-order valence-corrected chi connectivity index (χ4v) is 4.56. The molecule has 20 heavy (non-hydrogen) atoms. The van der Waals surface area contributed by atoms with Crippen LogP contribution in [0.1, 0.15) is 51.5 Å². The third-order valence-electron chi connectivity index (χ3n) is 6.36. The van der Waals surface area contributed by atoms with Crippen LogP contribution < -0.4 is 4.74 Å². The Kier molecular flexibility index (Phi) is 2.97. The van der Waals surface area contributed by atoms with E-state index in [0.717, 1.165) is 24.2 Å². The van der Waals surface area contributed by atoms with Crippen molar-refractivity contribution in [3.63, 3.8) is 0 Å². The van der Waals surface area contributed by atoms with Gasteiger partial charge in [-0.05, 0) is 47.3 Å². The zero-order chi connectivity index (χ0) is 14.5. The molecule has 2 heteroatoms. The lowest BCUT2D eigenvalue weighted by Gasteiger charge is -2.50. The zero-order valence-electron chi connectivity index (χ0n) is 12.9. The van der Waals surface area contributed by atoms with Gasteiger partial charge in [-0.25, -0.2) is 0 Å². The van der Waals surface area contributed by atoms with Gasteiger partial charge in [0, 0.05) is 12.3 Å². The molecule has 0 aromatic heterocycles. The van der Waals surface area contributed by atoms with E-state index in [9.17, 15) is 4.79 Å². The van der Waals surface area contributed by atoms with E-state index in [2.05, 4.69) is 32.9 Å². The first-order valence-corrected chi connectivity index (χ1v) is 7.57. The predicted octanol–water partition coefficient (Wildman–Crippen LogP) is 4.19. The van der Waals surface area contributed by atoms with E-state index in [1.165, 1.54) is 6.42 Å². The smallest absolute Gasteiger partial charge is 0.141 e. The van der Waals surface area contributed by atoms with Gasteiger partial charge in [0.1, 0.15) is 11.5 Å². The van der Waals surface area contributed by atoms with Crippen LogP contribution in [-0.4, -0.2) is 12.9 Å². The van der Waals surface area contributed by atoms with Crippen molar-refractivity contribution in [2.45, 2.75) is 46.0 Å². The van der Waals surface area contributed by atoms with Crippen LogP contribution in [0, 0.1) is 16.7 Å². The number of ether oxygens (including phenoxy) is 1. The highest BCUT2D eigenvalue weighted by molar-refractivity contribution is 5.88. The quantitative estimate of drug-likeness (QED) is 0.806. The molecule has 2 fully saturated rings. The van der Waals surface area contributed by atoms with Gasteiger partial charge < -0.3 is 4.74 Å². The number of ketones is 1. The maximum atomic E-state index is 12.7. The number of Topliss-reactive ketones (excluding diaryl/α,β-unsaturated/α-hetero) is 1. The molecule has 0 heterocycles. The molecule has 2 aliphatic rings. The summed E-state index contributed by atoms with van der Waals surface area (Å²) < 4.78 is 5.23. The lowest BCUT2D eigenvalue weighted by Crippen LogP contribution is -2.47. The summed E-state index contributed by atoms with van der Waals surface area (Å²) in [6.45, 7) is 7.03.